The number of nitrogens with one attached hydrogen (secondary N) is 1. The van der Waals surface area contributed by atoms with Crippen LogP contribution in [0.1, 0.15) is 53.4 Å². The lowest BCUT2D eigenvalue weighted by atomic mass is 9.92. The van der Waals surface area contributed by atoms with Crippen molar-refractivity contribution in [3.8, 4) is 0 Å². The number of nitrogens with zero attached hydrogens (tertiary/aromatic N) is 2. The van der Waals surface area contributed by atoms with Crippen molar-refractivity contribution in [2.75, 3.05) is 40.3 Å². The van der Waals surface area contributed by atoms with E-state index in [1.807, 2.05) is 0 Å². The Morgan fingerprint density at radius 1 is 1.10 bits per heavy atom. The van der Waals surface area contributed by atoms with Gasteiger partial charge < -0.3 is 15.1 Å². The highest BCUT2D eigenvalue weighted by molar-refractivity contribution is 4.82. The van der Waals surface area contributed by atoms with Gasteiger partial charge in [-0.15, -0.1) is 0 Å². The Kier molecular flexibility index (Phi) is 8.84. The number of hydrogen-bond donors (Lipinski definition) is 1. The number of likely N-dealkylation sites (tertiary alicyclic amines) is 1. The van der Waals surface area contributed by atoms with Crippen molar-refractivity contribution in [2.24, 2.45) is 11.8 Å². The van der Waals surface area contributed by atoms with E-state index in [0.717, 1.165) is 24.4 Å². The van der Waals surface area contributed by atoms with Gasteiger partial charge in [-0.25, -0.2) is 0 Å². The molecule has 21 heavy (non-hydrogen) atoms. The number of rotatable bonds is 9. The zero-order valence-electron chi connectivity index (χ0n) is 15.4. The van der Waals surface area contributed by atoms with E-state index in [9.17, 15) is 0 Å². The first-order valence-corrected chi connectivity index (χ1v) is 9.10. The summed E-state index contributed by atoms with van der Waals surface area (Å²) in [5.41, 5.74) is 0. The van der Waals surface area contributed by atoms with E-state index in [1.165, 1.54) is 45.3 Å². The third kappa shape index (κ3) is 6.66. The average Bonchev–Trinajstić information content (AvgIpc) is 2.44. The zero-order valence-corrected chi connectivity index (χ0v) is 15.4. The highest BCUT2D eigenvalue weighted by atomic mass is 15.2. The summed E-state index contributed by atoms with van der Waals surface area (Å²) in [7, 11) is 4.46. The number of hydrogen-bond acceptors (Lipinski definition) is 3. The van der Waals surface area contributed by atoms with Crippen LogP contribution >= 0.6 is 0 Å². The fraction of sp³-hybridized carbons (Fsp3) is 1.00. The van der Waals surface area contributed by atoms with Gasteiger partial charge in [0.2, 0.25) is 0 Å². The average molecular weight is 298 g/mol. The highest BCUT2D eigenvalue weighted by Crippen LogP contribution is 2.18. The molecule has 0 aromatic carbocycles. The molecule has 1 atom stereocenters. The van der Waals surface area contributed by atoms with Crippen molar-refractivity contribution in [2.45, 2.75) is 65.5 Å². The standard InChI is InChI=1S/C18H39N3/c1-7-16(8-2)18(20(5)6)13-19-17-9-11-21(12-10-17)14-15(3)4/h15-19H,7-14H2,1-6H3. The fourth-order valence-corrected chi connectivity index (χ4v) is 3.73. The van der Waals surface area contributed by atoms with Gasteiger partial charge in [0.1, 0.15) is 0 Å². The molecule has 0 aromatic heterocycles. The van der Waals surface area contributed by atoms with Crippen LogP contribution in [0, 0.1) is 11.8 Å². The first-order chi connectivity index (χ1) is 9.97. The summed E-state index contributed by atoms with van der Waals surface area (Å²) in [6, 6.07) is 1.40. The number of likely N-dealkylation sites (N-methyl/N-ethyl adjacent to an activating group) is 1. The van der Waals surface area contributed by atoms with Crippen LogP contribution in [0.25, 0.3) is 0 Å². The van der Waals surface area contributed by atoms with E-state index in [-0.39, 0.29) is 0 Å². The minimum absolute atomic E-state index is 0.675. The van der Waals surface area contributed by atoms with E-state index < -0.39 is 0 Å². The molecule has 1 aliphatic rings. The molecular formula is C18H39N3. The van der Waals surface area contributed by atoms with Gasteiger partial charge in [0, 0.05) is 25.2 Å². The van der Waals surface area contributed by atoms with Crippen molar-refractivity contribution < 1.29 is 0 Å². The molecule has 1 aliphatic heterocycles. The molecule has 0 saturated carbocycles. The van der Waals surface area contributed by atoms with Crippen LogP contribution in [0.15, 0.2) is 0 Å². The third-order valence-electron chi connectivity index (χ3n) is 5.08. The molecule has 1 saturated heterocycles. The molecule has 0 spiro atoms. The Hall–Kier alpha value is -0.120. The summed E-state index contributed by atoms with van der Waals surface area (Å²) in [5, 5.41) is 3.86. The molecule has 0 bridgehead atoms. The summed E-state index contributed by atoms with van der Waals surface area (Å²) in [6.45, 7) is 14.3. The van der Waals surface area contributed by atoms with Crippen molar-refractivity contribution >= 4 is 0 Å². The molecule has 0 amide bonds. The van der Waals surface area contributed by atoms with Crippen LogP contribution in [0.3, 0.4) is 0 Å². The van der Waals surface area contributed by atoms with Gasteiger partial charge in [0.25, 0.3) is 0 Å². The van der Waals surface area contributed by atoms with Gasteiger partial charge in [-0.3, -0.25) is 0 Å². The minimum atomic E-state index is 0.675. The molecule has 0 aliphatic carbocycles. The SMILES string of the molecule is CCC(CC)C(CNC1CCN(CC(C)C)CC1)N(C)C. The summed E-state index contributed by atoms with van der Waals surface area (Å²) in [5.74, 6) is 1.61. The first kappa shape index (κ1) is 18.9. The van der Waals surface area contributed by atoms with Crippen molar-refractivity contribution in [3.05, 3.63) is 0 Å². The monoisotopic (exact) mass is 297 g/mol. The smallest absolute Gasteiger partial charge is 0.0242 e. The van der Waals surface area contributed by atoms with Crippen LogP contribution < -0.4 is 5.32 Å². The summed E-state index contributed by atoms with van der Waals surface area (Å²) < 4.78 is 0. The second-order valence-corrected chi connectivity index (χ2v) is 7.48. The molecule has 1 fully saturated rings. The van der Waals surface area contributed by atoms with Crippen LogP contribution in [-0.4, -0.2) is 62.2 Å². The predicted octanol–water partition coefficient (Wildman–Crippen LogP) is 3.06. The molecule has 3 nitrogen and oxygen atoms in total. The summed E-state index contributed by atoms with van der Waals surface area (Å²) in [4.78, 5) is 5.05. The maximum Gasteiger partial charge on any atom is 0.0242 e. The molecule has 0 aromatic rings. The first-order valence-electron chi connectivity index (χ1n) is 9.10. The lowest BCUT2D eigenvalue weighted by Gasteiger charge is -2.36. The molecule has 0 radical (unpaired) electrons. The maximum atomic E-state index is 3.86. The van der Waals surface area contributed by atoms with Crippen molar-refractivity contribution in [3.63, 3.8) is 0 Å². The van der Waals surface area contributed by atoms with Crippen LogP contribution in [0.2, 0.25) is 0 Å². The molecule has 126 valence electrons. The predicted molar refractivity (Wildman–Crippen MR) is 93.8 cm³/mol. The largest absolute Gasteiger partial charge is 0.312 e. The molecule has 3 heteroatoms. The van der Waals surface area contributed by atoms with Gasteiger partial charge in [-0.1, -0.05) is 40.5 Å². The van der Waals surface area contributed by atoms with Crippen molar-refractivity contribution in [1.82, 2.24) is 15.1 Å². The minimum Gasteiger partial charge on any atom is -0.312 e. The third-order valence-corrected chi connectivity index (χ3v) is 5.08. The van der Waals surface area contributed by atoms with E-state index in [0.29, 0.717) is 6.04 Å². The lowest BCUT2D eigenvalue weighted by molar-refractivity contribution is 0.157. The van der Waals surface area contributed by atoms with E-state index >= 15 is 0 Å². The maximum absolute atomic E-state index is 3.86. The second kappa shape index (κ2) is 9.81. The molecule has 1 N–H and O–H groups in total. The Labute approximate surface area is 133 Å². The fourth-order valence-electron chi connectivity index (χ4n) is 3.73. The van der Waals surface area contributed by atoms with Gasteiger partial charge in [-0.2, -0.15) is 0 Å². The molecule has 1 heterocycles. The van der Waals surface area contributed by atoms with Crippen LogP contribution in [0.4, 0.5) is 0 Å². The summed E-state index contributed by atoms with van der Waals surface area (Å²) in [6.07, 6.45) is 5.20. The number of piperidine rings is 1. The Morgan fingerprint density at radius 2 is 1.67 bits per heavy atom. The van der Waals surface area contributed by atoms with Crippen molar-refractivity contribution in [1.29, 1.82) is 0 Å². The van der Waals surface area contributed by atoms with Crippen LogP contribution in [0.5, 0.6) is 0 Å². The summed E-state index contributed by atoms with van der Waals surface area (Å²) >= 11 is 0. The normalized spacial score (nSPS) is 19.9. The Morgan fingerprint density at radius 3 is 2.10 bits per heavy atom. The molecule has 1 rings (SSSR count). The van der Waals surface area contributed by atoms with Gasteiger partial charge in [0.15, 0.2) is 0 Å². The lowest BCUT2D eigenvalue weighted by Crippen LogP contribution is -2.49. The Bertz CT molecular complexity index is 253. The zero-order chi connectivity index (χ0) is 15.8. The quantitative estimate of drug-likeness (QED) is 0.705. The van der Waals surface area contributed by atoms with Gasteiger partial charge in [0.05, 0.1) is 0 Å². The van der Waals surface area contributed by atoms with E-state index in [4.69, 9.17) is 0 Å². The second-order valence-electron chi connectivity index (χ2n) is 7.48. The van der Waals surface area contributed by atoms with E-state index in [1.54, 1.807) is 0 Å². The highest BCUT2D eigenvalue weighted by Gasteiger charge is 2.24. The Balaban J connectivity index is 2.34. The van der Waals surface area contributed by atoms with Gasteiger partial charge >= 0.3 is 0 Å². The molecular weight excluding hydrogens is 258 g/mol. The van der Waals surface area contributed by atoms with E-state index in [2.05, 4.69) is 56.9 Å². The topological polar surface area (TPSA) is 18.5 Å². The van der Waals surface area contributed by atoms with Crippen LogP contribution in [-0.2, 0) is 0 Å². The van der Waals surface area contributed by atoms with Gasteiger partial charge in [-0.05, 0) is 51.9 Å². The molecule has 1 unspecified atom stereocenters.